The van der Waals surface area contributed by atoms with Crippen molar-refractivity contribution in [2.45, 2.75) is 34.1 Å². The zero-order valence-electron chi connectivity index (χ0n) is 6.62. The van der Waals surface area contributed by atoms with Gasteiger partial charge >= 0.3 is 72.7 Å². The van der Waals surface area contributed by atoms with Crippen LogP contribution in [0.2, 0.25) is 13.3 Å². The molecule has 2 heteroatoms. The maximum absolute atomic E-state index is 2.35. The van der Waals surface area contributed by atoms with E-state index in [1.807, 2.05) is 0 Å². The molecule has 0 radical (unpaired) electrons. The van der Waals surface area contributed by atoms with Gasteiger partial charge in [-0.1, -0.05) is 0 Å². The molecule has 44 valence electrons. The standard InChI is InChI=1S/3C2H5.Li.Sn/c3*1-2;;/h3*1H2,2H3;;/q;;;+1;-1. The molecule has 0 nitrogen and oxygen atoms in total. The van der Waals surface area contributed by atoms with Gasteiger partial charge in [-0.2, -0.15) is 0 Å². The summed E-state index contributed by atoms with van der Waals surface area (Å²) in [5, 5.41) is 0. The van der Waals surface area contributed by atoms with Gasteiger partial charge in [0.2, 0.25) is 0 Å². The molecule has 0 aliphatic rings. The molecular weight excluding hydrogens is 198 g/mol. The molecule has 0 aliphatic heterocycles. The van der Waals surface area contributed by atoms with Crippen LogP contribution in [0, 0.1) is 0 Å². The molecule has 0 unspecified atom stereocenters. The van der Waals surface area contributed by atoms with Gasteiger partial charge in [-0.05, 0) is 0 Å². The Hall–Kier alpha value is 1.40. The van der Waals surface area contributed by atoms with Crippen LogP contribution in [-0.2, 0) is 0 Å². The molecule has 0 fully saturated rings. The van der Waals surface area contributed by atoms with Gasteiger partial charge in [0.15, 0.2) is 0 Å². The molecule has 0 aromatic carbocycles. The fourth-order valence-corrected chi connectivity index (χ4v) is 5.03. The van der Waals surface area contributed by atoms with E-state index >= 15 is 0 Å². The Morgan fingerprint density at radius 1 is 0.875 bits per heavy atom. The normalized spacial score (nSPS) is 9.00. The van der Waals surface area contributed by atoms with Crippen LogP contribution in [0.15, 0.2) is 0 Å². The molecule has 0 aliphatic carbocycles. The third-order valence-electron chi connectivity index (χ3n) is 1.50. The van der Waals surface area contributed by atoms with Crippen molar-refractivity contribution >= 4 is 19.8 Å². The summed E-state index contributed by atoms with van der Waals surface area (Å²) < 4.78 is 4.65. The first-order valence-corrected chi connectivity index (χ1v) is 9.24. The van der Waals surface area contributed by atoms with Crippen molar-refractivity contribution < 1.29 is 18.9 Å². The van der Waals surface area contributed by atoms with Crippen molar-refractivity contribution in [3.05, 3.63) is 0 Å². The Morgan fingerprint density at radius 2 is 1.12 bits per heavy atom. The molecule has 0 bridgehead atoms. The van der Waals surface area contributed by atoms with Crippen molar-refractivity contribution in [3.8, 4) is 0 Å². The van der Waals surface area contributed by atoms with Crippen LogP contribution in [0.25, 0.3) is 0 Å². The second-order valence-electron chi connectivity index (χ2n) is 1.81. The van der Waals surface area contributed by atoms with E-state index in [1.54, 1.807) is 13.3 Å². The van der Waals surface area contributed by atoms with E-state index in [1.165, 1.54) is 0 Å². The molecule has 0 amide bonds. The maximum Gasteiger partial charge on any atom is 1.00 e. The van der Waals surface area contributed by atoms with Crippen LogP contribution in [-0.4, -0.2) is 19.8 Å². The van der Waals surface area contributed by atoms with Gasteiger partial charge in [0, 0.05) is 0 Å². The van der Waals surface area contributed by atoms with Crippen molar-refractivity contribution in [1.82, 2.24) is 0 Å². The van der Waals surface area contributed by atoms with Crippen LogP contribution in [0.3, 0.4) is 0 Å². The third kappa shape index (κ3) is 5.53. The second kappa shape index (κ2) is 8.40. The predicted octanol–water partition coefficient (Wildman–Crippen LogP) is -0.455. The summed E-state index contributed by atoms with van der Waals surface area (Å²) in [6.07, 6.45) is 0. The van der Waals surface area contributed by atoms with Crippen molar-refractivity contribution in [1.29, 1.82) is 0 Å². The fraction of sp³-hybridized carbons (Fsp3) is 1.00. The Morgan fingerprint density at radius 3 is 1.12 bits per heavy atom. The summed E-state index contributed by atoms with van der Waals surface area (Å²) in [4.78, 5) is 0. The summed E-state index contributed by atoms with van der Waals surface area (Å²) in [6, 6.07) is 0. The minimum Gasteiger partial charge on any atom is 1.00 e. The minimum absolute atomic E-state index is 0. The quantitative estimate of drug-likeness (QED) is 0.556. The minimum atomic E-state index is -0.653. The molecule has 0 aromatic heterocycles. The Labute approximate surface area is 72.3 Å². The zero-order valence-corrected chi connectivity index (χ0v) is 9.48. The van der Waals surface area contributed by atoms with E-state index in [2.05, 4.69) is 20.8 Å². The largest absolute Gasteiger partial charge is 1.00 e. The summed E-state index contributed by atoms with van der Waals surface area (Å²) in [5.41, 5.74) is 0. The summed E-state index contributed by atoms with van der Waals surface area (Å²) in [5.74, 6) is 0. The SMILES string of the molecule is C[CH2][Sn-]([CH2]C)[CH2]C.[Li+]. The molecular formula is C6H15LiSn. The molecule has 0 rings (SSSR count). The molecule has 8 heavy (non-hydrogen) atoms. The van der Waals surface area contributed by atoms with Crippen LogP contribution in [0.4, 0.5) is 0 Å². The van der Waals surface area contributed by atoms with Gasteiger partial charge in [0.25, 0.3) is 0 Å². The molecule has 0 aromatic rings. The molecule has 0 spiro atoms. The van der Waals surface area contributed by atoms with Crippen molar-refractivity contribution in [3.63, 3.8) is 0 Å². The number of rotatable bonds is 3. The van der Waals surface area contributed by atoms with Crippen molar-refractivity contribution in [2.75, 3.05) is 0 Å². The van der Waals surface area contributed by atoms with Gasteiger partial charge < -0.3 is 0 Å². The monoisotopic (exact) mass is 214 g/mol. The molecule has 0 saturated heterocycles. The second-order valence-corrected chi connectivity index (χ2v) is 12.1. The molecule has 0 atom stereocenters. The first-order chi connectivity index (χ1) is 3.35. The summed E-state index contributed by atoms with van der Waals surface area (Å²) in [6.45, 7) is 7.05. The average Bonchev–Trinajstić information content (AvgIpc) is 1.72. The molecule has 0 heterocycles. The molecule has 0 saturated carbocycles. The van der Waals surface area contributed by atoms with E-state index in [-0.39, 0.29) is 18.9 Å². The Bertz CT molecular complexity index is 30.0. The third-order valence-corrected chi connectivity index (χ3v) is 10.1. The van der Waals surface area contributed by atoms with Gasteiger partial charge in [-0.3, -0.25) is 0 Å². The maximum atomic E-state index is 2.35. The molecule has 0 N–H and O–H groups in total. The van der Waals surface area contributed by atoms with Crippen LogP contribution in [0.5, 0.6) is 0 Å². The van der Waals surface area contributed by atoms with Gasteiger partial charge in [0.05, 0.1) is 0 Å². The van der Waals surface area contributed by atoms with E-state index in [4.69, 9.17) is 0 Å². The summed E-state index contributed by atoms with van der Waals surface area (Å²) >= 11 is -0.653. The number of hydrogen-bond donors (Lipinski definition) is 0. The first-order valence-electron chi connectivity index (χ1n) is 3.18. The Balaban J connectivity index is 0. The van der Waals surface area contributed by atoms with E-state index in [0.717, 1.165) is 0 Å². The number of hydrogen-bond acceptors (Lipinski definition) is 0. The zero-order chi connectivity index (χ0) is 5.70. The average molecular weight is 213 g/mol. The smallest absolute Gasteiger partial charge is 1.00 e. The first kappa shape index (κ1) is 12.1. The van der Waals surface area contributed by atoms with Gasteiger partial charge in [-0.25, -0.2) is 0 Å². The Kier molecular flexibility index (Phi) is 12.7. The van der Waals surface area contributed by atoms with E-state index in [0.29, 0.717) is 0 Å². The van der Waals surface area contributed by atoms with Gasteiger partial charge in [-0.15, -0.1) is 0 Å². The van der Waals surface area contributed by atoms with Crippen LogP contribution >= 0.6 is 0 Å². The van der Waals surface area contributed by atoms with E-state index < -0.39 is 19.8 Å². The van der Waals surface area contributed by atoms with Crippen LogP contribution in [0.1, 0.15) is 20.8 Å². The van der Waals surface area contributed by atoms with Crippen LogP contribution < -0.4 is 18.9 Å². The fourth-order valence-electron chi connectivity index (χ4n) is 0.750. The van der Waals surface area contributed by atoms with Crippen molar-refractivity contribution in [2.24, 2.45) is 0 Å². The summed E-state index contributed by atoms with van der Waals surface area (Å²) in [7, 11) is 0. The van der Waals surface area contributed by atoms with Gasteiger partial charge in [0.1, 0.15) is 0 Å². The van der Waals surface area contributed by atoms with E-state index in [9.17, 15) is 0 Å². The topological polar surface area (TPSA) is 0 Å². The predicted molar refractivity (Wildman–Crippen MR) is 37.2 cm³/mol.